The molecular formula is C14H21NOS. The Kier molecular flexibility index (Phi) is 3.69. The molecular weight excluding hydrogens is 230 g/mol. The highest BCUT2D eigenvalue weighted by molar-refractivity contribution is 8.00. The largest absolute Gasteiger partial charge is 0.396 e. The first-order valence-electron chi connectivity index (χ1n) is 6.16. The highest BCUT2D eigenvalue weighted by Crippen LogP contribution is 2.45. The molecule has 2 atom stereocenters. The minimum Gasteiger partial charge on any atom is -0.396 e. The highest BCUT2D eigenvalue weighted by Gasteiger charge is 2.31. The normalized spacial score (nSPS) is 23.7. The van der Waals surface area contributed by atoms with E-state index in [0.29, 0.717) is 11.3 Å². The fourth-order valence-corrected chi connectivity index (χ4v) is 4.06. The second-order valence-corrected chi connectivity index (χ2v) is 6.15. The van der Waals surface area contributed by atoms with E-state index in [1.54, 1.807) is 0 Å². The van der Waals surface area contributed by atoms with Gasteiger partial charge in [-0.3, -0.25) is 0 Å². The highest BCUT2D eigenvalue weighted by atomic mass is 32.2. The van der Waals surface area contributed by atoms with Crippen molar-refractivity contribution in [2.24, 2.45) is 0 Å². The van der Waals surface area contributed by atoms with E-state index in [1.165, 1.54) is 21.7 Å². The summed E-state index contributed by atoms with van der Waals surface area (Å²) in [7, 11) is 2.17. The Morgan fingerprint density at radius 3 is 2.59 bits per heavy atom. The summed E-state index contributed by atoms with van der Waals surface area (Å²) in [4.78, 5) is 3.76. The van der Waals surface area contributed by atoms with Gasteiger partial charge in [0.25, 0.3) is 0 Å². The van der Waals surface area contributed by atoms with Gasteiger partial charge in [0.05, 0.1) is 5.69 Å². The van der Waals surface area contributed by atoms with Crippen molar-refractivity contribution in [1.82, 2.24) is 0 Å². The standard InChI is InChI=1S/C14H21NOS/c1-9-5-6-10(2)14-13(9)15(4)11(3)12(17-14)7-8-16/h5-6,11-12,16H,7-8H2,1-4H3. The number of aryl methyl sites for hydroxylation is 2. The average Bonchev–Trinajstić information content (AvgIpc) is 2.30. The minimum absolute atomic E-state index is 0.274. The smallest absolute Gasteiger partial charge is 0.0537 e. The second-order valence-electron chi connectivity index (χ2n) is 4.90. The molecule has 94 valence electrons. The van der Waals surface area contributed by atoms with Gasteiger partial charge in [0, 0.05) is 29.8 Å². The van der Waals surface area contributed by atoms with E-state index >= 15 is 0 Å². The number of nitrogens with zero attached hydrogens (tertiary/aromatic N) is 1. The third kappa shape index (κ3) is 2.18. The molecule has 0 bridgehead atoms. The van der Waals surface area contributed by atoms with Crippen LogP contribution in [0, 0.1) is 13.8 Å². The van der Waals surface area contributed by atoms with Crippen molar-refractivity contribution in [2.75, 3.05) is 18.6 Å². The van der Waals surface area contributed by atoms with Crippen LogP contribution in [0.15, 0.2) is 17.0 Å². The maximum Gasteiger partial charge on any atom is 0.0537 e. The quantitative estimate of drug-likeness (QED) is 0.874. The van der Waals surface area contributed by atoms with Crippen LogP contribution in [0.25, 0.3) is 0 Å². The summed E-state index contributed by atoms with van der Waals surface area (Å²) in [6.45, 7) is 6.87. The summed E-state index contributed by atoms with van der Waals surface area (Å²) in [6.07, 6.45) is 0.864. The third-order valence-corrected chi connectivity index (χ3v) is 5.40. The van der Waals surface area contributed by atoms with Crippen LogP contribution in [0.3, 0.4) is 0 Å². The Hall–Kier alpha value is -0.670. The van der Waals surface area contributed by atoms with Gasteiger partial charge in [-0.1, -0.05) is 12.1 Å². The lowest BCUT2D eigenvalue weighted by Gasteiger charge is -2.40. The molecule has 1 heterocycles. The predicted octanol–water partition coefficient (Wildman–Crippen LogP) is 2.98. The summed E-state index contributed by atoms with van der Waals surface area (Å²) in [5.74, 6) is 0. The molecule has 0 aromatic heterocycles. The molecule has 1 aliphatic heterocycles. The maximum atomic E-state index is 9.16. The van der Waals surface area contributed by atoms with Crippen molar-refractivity contribution in [2.45, 2.75) is 43.4 Å². The summed E-state index contributed by atoms with van der Waals surface area (Å²) in [5, 5.41) is 9.65. The van der Waals surface area contributed by atoms with Gasteiger partial charge in [-0.15, -0.1) is 11.8 Å². The molecule has 0 fully saturated rings. The molecule has 0 spiro atoms. The van der Waals surface area contributed by atoms with Crippen LogP contribution in [0.4, 0.5) is 5.69 Å². The van der Waals surface area contributed by atoms with E-state index in [9.17, 15) is 0 Å². The van der Waals surface area contributed by atoms with Crippen molar-refractivity contribution in [1.29, 1.82) is 0 Å². The van der Waals surface area contributed by atoms with Crippen molar-refractivity contribution >= 4 is 17.4 Å². The van der Waals surface area contributed by atoms with E-state index in [1.807, 2.05) is 11.8 Å². The molecule has 0 radical (unpaired) electrons. The molecule has 0 saturated carbocycles. The molecule has 0 aliphatic carbocycles. The van der Waals surface area contributed by atoms with Crippen molar-refractivity contribution in [3.05, 3.63) is 23.3 Å². The fraction of sp³-hybridized carbons (Fsp3) is 0.571. The molecule has 17 heavy (non-hydrogen) atoms. The number of benzene rings is 1. The zero-order chi connectivity index (χ0) is 12.6. The molecule has 2 nitrogen and oxygen atoms in total. The van der Waals surface area contributed by atoms with Gasteiger partial charge in [0.1, 0.15) is 0 Å². The lowest BCUT2D eigenvalue weighted by molar-refractivity contribution is 0.282. The van der Waals surface area contributed by atoms with E-state index in [0.717, 1.165) is 6.42 Å². The number of thioether (sulfide) groups is 1. The maximum absolute atomic E-state index is 9.16. The number of hydrogen-bond acceptors (Lipinski definition) is 3. The number of aliphatic hydroxyl groups is 1. The Morgan fingerprint density at radius 1 is 1.29 bits per heavy atom. The van der Waals surface area contributed by atoms with Crippen LogP contribution in [0.1, 0.15) is 24.5 Å². The third-order valence-electron chi connectivity index (χ3n) is 3.71. The van der Waals surface area contributed by atoms with Gasteiger partial charge in [0.15, 0.2) is 0 Å². The predicted molar refractivity (Wildman–Crippen MR) is 75.1 cm³/mol. The number of rotatable bonds is 2. The zero-order valence-corrected chi connectivity index (χ0v) is 11.8. The van der Waals surface area contributed by atoms with Gasteiger partial charge in [-0.2, -0.15) is 0 Å². The summed E-state index contributed by atoms with van der Waals surface area (Å²) in [6, 6.07) is 4.87. The molecule has 2 rings (SSSR count). The lowest BCUT2D eigenvalue weighted by Crippen LogP contribution is -2.41. The molecule has 3 heteroatoms. The summed E-state index contributed by atoms with van der Waals surface area (Å²) in [5.41, 5.74) is 4.06. The number of hydrogen-bond donors (Lipinski definition) is 1. The van der Waals surface area contributed by atoms with Crippen LogP contribution in [-0.2, 0) is 0 Å². The van der Waals surface area contributed by atoms with E-state index in [2.05, 4.69) is 44.9 Å². The Morgan fingerprint density at radius 2 is 1.94 bits per heavy atom. The van der Waals surface area contributed by atoms with Crippen LogP contribution in [0.5, 0.6) is 0 Å². The van der Waals surface area contributed by atoms with Crippen molar-refractivity contribution in [3.8, 4) is 0 Å². The fourth-order valence-electron chi connectivity index (χ4n) is 2.49. The van der Waals surface area contributed by atoms with Crippen molar-refractivity contribution in [3.63, 3.8) is 0 Å². The van der Waals surface area contributed by atoms with Gasteiger partial charge >= 0.3 is 0 Å². The zero-order valence-electron chi connectivity index (χ0n) is 11.0. The van der Waals surface area contributed by atoms with E-state index in [-0.39, 0.29) is 6.61 Å². The monoisotopic (exact) mass is 251 g/mol. The first-order valence-corrected chi connectivity index (χ1v) is 7.04. The topological polar surface area (TPSA) is 23.5 Å². The first-order chi connectivity index (χ1) is 8.06. The van der Waals surface area contributed by atoms with E-state index in [4.69, 9.17) is 5.11 Å². The van der Waals surface area contributed by atoms with Crippen molar-refractivity contribution < 1.29 is 5.11 Å². The van der Waals surface area contributed by atoms with Crippen LogP contribution in [0.2, 0.25) is 0 Å². The molecule has 1 aromatic carbocycles. The van der Waals surface area contributed by atoms with Gasteiger partial charge in [-0.25, -0.2) is 0 Å². The molecule has 1 N–H and O–H groups in total. The number of aliphatic hydroxyl groups excluding tert-OH is 1. The second kappa shape index (κ2) is 4.91. The number of fused-ring (bicyclic) bond motifs is 1. The summed E-state index contributed by atoms with van der Waals surface area (Å²) < 4.78 is 0. The summed E-state index contributed by atoms with van der Waals surface area (Å²) >= 11 is 1.93. The van der Waals surface area contributed by atoms with Crippen LogP contribution in [-0.4, -0.2) is 30.1 Å². The minimum atomic E-state index is 0.274. The lowest BCUT2D eigenvalue weighted by atomic mass is 10.1. The molecule has 2 unspecified atom stereocenters. The molecule has 1 aromatic rings. The van der Waals surface area contributed by atoms with E-state index < -0.39 is 0 Å². The van der Waals surface area contributed by atoms with Gasteiger partial charge in [-0.05, 0) is 38.3 Å². The average molecular weight is 251 g/mol. The van der Waals surface area contributed by atoms with Gasteiger partial charge in [0.2, 0.25) is 0 Å². The Bertz CT molecular complexity index is 419. The SMILES string of the molecule is Cc1ccc(C)c2c1SC(CCO)C(C)N2C. The van der Waals surface area contributed by atoms with Gasteiger partial charge < -0.3 is 10.0 Å². The van der Waals surface area contributed by atoms with Crippen LogP contribution >= 0.6 is 11.8 Å². The number of anilines is 1. The molecule has 1 aliphatic rings. The van der Waals surface area contributed by atoms with Crippen LogP contribution < -0.4 is 4.90 Å². The Balaban J connectivity index is 2.45. The first kappa shape index (κ1) is 12.8. The Labute approximate surface area is 108 Å². The molecule has 0 amide bonds. The molecule has 0 saturated heterocycles.